The number of likely N-dealkylation sites (tertiary alicyclic amines) is 1. The molecule has 126 valence electrons. The minimum atomic E-state index is 0. The zero-order valence-electron chi connectivity index (χ0n) is 14.1. The van der Waals surface area contributed by atoms with Gasteiger partial charge in [-0.05, 0) is 30.0 Å². The Bertz CT molecular complexity index is 698. The molecule has 0 radical (unpaired) electrons. The lowest BCUT2D eigenvalue weighted by atomic mass is 9.71. The van der Waals surface area contributed by atoms with Gasteiger partial charge in [0.1, 0.15) is 0 Å². The molecule has 3 nitrogen and oxygen atoms in total. The molecule has 2 heterocycles. The predicted octanol–water partition coefficient (Wildman–Crippen LogP) is 0.0490. The molecule has 1 aliphatic heterocycles. The van der Waals surface area contributed by atoms with Gasteiger partial charge in [0.05, 0.1) is 32.8 Å². The van der Waals surface area contributed by atoms with Gasteiger partial charge in [0.25, 0.3) is 0 Å². The number of benzene rings is 1. The minimum absolute atomic E-state index is 0. The van der Waals surface area contributed by atoms with Crippen LogP contribution in [0.4, 0.5) is 0 Å². The molecule has 1 aliphatic carbocycles. The normalized spacial score (nSPS) is 32.4. The number of aliphatic hydroxyl groups excluding tert-OH is 1. The third-order valence-corrected chi connectivity index (χ3v) is 6.17. The summed E-state index contributed by atoms with van der Waals surface area (Å²) in [5.41, 5.74) is 4.29. The first-order valence-corrected chi connectivity index (χ1v) is 8.70. The van der Waals surface area contributed by atoms with E-state index in [1.54, 1.807) is 0 Å². The summed E-state index contributed by atoms with van der Waals surface area (Å²) in [7, 11) is 2.42. The molecule has 1 aromatic heterocycles. The zero-order chi connectivity index (χ0) is 15.3. The molecule has 2 N–H and O–H groups in total. The van der Waals surface area contributed by atoms with Gasteiger partial charge in [0.15, 0.2) is 0 Å². The summed E-state index contributed by atoms with van der Waals surface area (Å²) in [5.74, 6) is 1.03. The van der Waals surface area contributed by atoms with E-state index in [0.717, 1.165) is 17.4 Å². The molecule has 2 unspecified atom stereocenters. The molecule has 4 rings (SSSR count). The Morgan fingerprint density at radius 3 is 2.91 bits per heavy atom. The number of nitrogens with one attached hydrogen (secondary N) is 1. The standard InChI is InChI=1S/C19H27N2O.HI/c1-3-7-21(2)11-13(12-22)8-16-15-5-4-6-17-19(15)14(10-20-17)9-18(16)21;/h4-6,10,13,16,18,20,22H,3,7-9,11-12H2,1-2H3;1H/q+1;/p-1/t13?,16-,18-,21?;/m0./s1. The Hall–Kier alpha value is -0.590. The number of halogens is 1. The van der Waals surface area contributed by atoms with Crippen LogP contribution in [-0.4, -0.2) is 47.4 Å². The van der Waals surface area contributed by atoms with Gasteiger partial charge in [0, 0.05) is 35.4 Å². The molecule has 4 atom stereocenters. The number of H-pyrrole nitrogens is 1. The molecule has 2 aliphatic rings. The summed E-state index contributed by atoms with van der Waals surface area (Å²) in [6.45, 7) is 4.96. The number of aromatic nitrogens is 1. The van der Waals surface area contributed by atoms with Crippen LogP contribution in [0.5, 0.6) is 0 Å². The van der Waals surface area contributed by atoms with Crippen LogP contribution in [-0.2, 0) is 6.42 Å². The Morgan fingerprint density at radius 1 is 1.35 bits per heavy atom. The lowest BCUT2D eigenvalue weighted by Gasteiger charge is -2.52. The van der Waals surface area contributed by atoms with Crippen LogP contribution in [0.3, 0.4) is 0 Å². The van der Waals surface area contributed by atoms with Crippen LogP contribution in [0.2, 0.25) is 0 Å². The third kappa shape index (κ3) is 2.63. The van der Waals surface area contributed by atoms with Crippen molar-refractivity contribution in [2.75, 3.05) is 26.7 Å². The van der Waals surface area contributed by atoms with E-state index in [4.69, 9.17) is 0 Å². The Kier molecular flexibility index (Phi) is 4.78. The Morgan fingerprint density at radius 2 is 2.17 bits per heavy atom. The lowest BCUT2D eigenvalue weighted by molar-refractivity contribution is -0.943. The van der Waals surface area contributed by atoms with Gasteiger partial charge < -0.3 is 38.6 Å². The van der Waals surface area contributed by atoms with Gasteiger partial charge in [0.2, 0.25) is 0 Å². The molecule has 4 heteroatoms. The fourth-order valence-corrected chi connectivity index (χ4v) is 5.33. The van der Waals surface area contributed by atoms with Crippen LogP contribution < -0.4 is 24.0 Å². The van der Waals surface area contributed by atoms with E-state index in [2.05, 4.69) is 43.4 Å². The largest absolute Gasteiger partial charge is 1.00 e. The highest BCUT2D eigenvalue weighted by Crippen LogP contribution is 2.46. The number of rotatable bonds is 3. The van der Waals surface area contributed by atoms with E-state index in [1.165, 1.54) is 41.4 Å². The van der Waals surface area contributed by atoms with Crippen molar-refractivity contribution >= 4 is 10.9 Å². The van der Waals surface area contributed by atoms with Crippen LogP contribution in [0.25, 0.3) is 10.9 Å². The average Bonchev–Trinajstić information content (AvgIpc) is 2.93. The Labute approximate surface area is 155 Å². The molecule has 0 amide bonds. The Balaban J connectivity index is 0.00000156. The van der Waals surface area contributed by atoms with Crippen molar-refractivity contribution in [2.45, 2.75) is 38.1 Å². The number of hydrogen-bond donors (Lipinski definition) is 2. The van der Waals surface area contributed by atoms with Crippen molar-refractivity contribution in [3.05, 3.63) is 35.5 Å². The molecule has 0 spiro atoms. The third-order valence-electron chi connectivity index (χ3n) is 6.17. The summed E-state index contributed by atoms with van der Waals surface area (Å²) in [4.78, 5) is 3.46. The van der Waals surface area contributed by atoms with Crippen molar-refractivity contribution < 1.29 is 33.6 Å². The summed E-state index contributed by atoms with van der Waals surface area (Å²) in [5, 5.41) is 11.3. The SMILES string of the molecule is CCC[N+]1(C)CC(CO)C[C@H]2c3cccc4[nH]cc(c34)C[C@@H]21.[I-]. The summed E-state index contributed by atoms with van der Waals surface area (Å²) in [6, 6.07) is 7.37. The number of hydrogen-bond acceptors (Lipinski definition) is 1. The molecule has 2 aromatic rings. The second-order valence-electron chi connectivity index (χ2n) is 7.63. The van der Waals surface area contributed by atoms with Crippen molar-refractivity contribution in [3.63, 3.8) is 0 Å². The van der Waals surface area contributed by atoms with Crippen LogP contribution in [0, 0.1) is 5.92 Å². The van der Waals surface area contributed by atoms with Gasteiger partial charge >= 0.3 is 0 Å². The van der Waals surface area contributed by atoms with Gasteiger partial charge in [-0.1, -0.05) is 19.1 Å². The maximum atomic E-state index is 9.81. The fraction of sp³-hybridized carbons (Fsp3) is 0.579. The molecule has 1 saturated heterocycles. The highest BCUT2D eigenvalue weighted by Gasteiger charge is 2.48. The van der Waals surface area contributed by atoms with E-state index in [9.17, 15) is 5.11 Å². The smallest absolute Gasteiger partial charge is 0.0999 e. The number of piperidine rings is 1. The molecule has 0 saturated carbocycles. The number of likely N-dealkylation sites (N-methyl/N-ethyl adjacent to an activating group) is 1. The van der Waals surface area contributed by atoms with Crippen molar-refractivity contribution in [1.29, 1.82) is 0 Å². The second-order valence-corrected chi connectivity index (χ2v) is 7.63. The van der Waals surface area contributed by atoms with Gasteiger partial charge in [-0.2, -0.15) is 0 Å². The molecular formula is C19H27IN2O. The molecule has 0 bridgehead atoms. The van der Waals surface area contributed by atoms with Crippen LogP contribution >= 0.6 is 0 Å². The predicted molar refractivity (Wildman–Crippen MR) is 89.9 cm³/mol. The highest BCUT2D eigenvalue weighted by atomic mass is 127. The fourth-order valence-electron chi connectivity index (χ4n) is 5.33. The molecule has 23 heavy (non-hydrogen) atoms. The first-order chi connectivity index (χ1) is 10.7. The van der Waals surface area contributed by atoms with Crippen molar-refractivity contribution in [3.8, 4) is 0 Å². The van der Waals surface area contributed by atoms with Gasteiger partial charge in [-0.3, -0.25) is 0 Å². The van der Waals surface area contributed by atoms with Gasteiger partial charge in [-0.25, -0.2) is 0 Å². The summed E-state index contributed by atoms with van der Waals surface area (Å²) < 4.78 is 1.12. The summed E-state index contributed by atoms with van der Waals surface area (Å²) >= 11 is 0. The number of aliphatic hydroxyl groups is 1. The average molecular weight is 426 g/mol. The highest BCUT2D eigenvalue weighted by molar-refractivity contribution is 5.88. The molecular weight excluding hydrogens is 399 g/mol. The first-order valence-electron chi connectivity index (χ1n) is 8.70. The van der Waals surface area contributed by atoms with E-state index in [0.29, 0.717) is 24.5 Å². The monoisotopic (exact) mass is 426 g/mol. The molecule has 1 fully saturated rings. The number of nitrogens with zero attached hydrogens (tertiary/aromatic N) is 1. The second kappa shape index (κ2) is 6.37. The number of fused-ring (bicyclic) bond motifs is 2. The van der Waals surface area contributed by atoms with E-state index in [-0.39, 0.29) is 24.0 Å². The maximum Gasteiger partial charge on any atom is 0.0999 e. The lowest BCUT2D eigenvalue weighted by Crippen LogP contribution is -3.00. The van der Waals surface area contributed by atoms with Crippen molar-refractivity contribution in [1.82, 2.24) is 4.98 Å². The minimum Gasteiger partial charge on any atom is -1.00 e. The van der Waals surface area contributed by atoms with Crippen LogP contribution in [0.15, 0.2) is 24.4 Å². The van der Waals surface area contributed by atoms with Crippen LogP contribution in [0.1, 0.15) is 36.8 Å². The van der Waals surface area contributed by atoms with Crippen molar-refractivity contribution in [2.24, 2.45) is 5.92 Å². The number of aromatic amines is 1. The van der Waals surface area contributed by atoms with Gasteiger partial charge in [-0.15, -0.1) is 0 Å². The topological polar surface area (TPSA) is 36.0 Å². The molecule has 1 aromatic carbocycles. The summed E-state index contributed by atoms with van der Waals surface area (Å²) in [6.07, 6.45) is 5.75. The van der Waals surface area contributed by atoms with E-state index in [1.807, 2.05) is 0 Å². The first kappa shape index (κ1) is 17.2. The quantitative estimate of drug-likeness (QED) is 0.528. The number of quaternary nitrogens is 1. The van der Waals surface area contributed by atoms with E-state index < -0.39 is 0 Å². The maximum absolute atomic E-state index is 9.81. The zero-order valence-corrected chi connectivity index (χ0v) is 16.2. The van der Waals surface area contributed by atoms with E-state index >= 15 is 0 Å².